The van der Waals surface area contributed by atoms with Gasteiger partial charge in [-0.3, -0.25) is 0 Å². The zero-order valence-electron chi connectivity index (χ0n) is 14.9. The molecule has 0 aromatic rings. The van der Waals surface area contributed by atoms with Crippen LogP contribution in [0.2, 0.25) is 0 Å². The summed E-state index contributed by atoms with van der Waals surface area (Å²) in [5, 5.41) is 20.1. The number of carboxylic acids is 1. The number of hydrogen-bond donors (Lipinski definition) is 1. The average Bonchev–Trinajstić information content (AvgIpc) is 2.45. The van der Waals surface area contributed by atoms with Crippen LogP contribution in [0.3, 0.4) is 0 Å². The molecule has 0 aromatic carbocycles. The molecule has 0 radical (unpaired) electrons. The van der Waals surface area contributed by atoms with Gasteiger partial charge in [0.15, 0.2) is 0 Å². The normalized spacial score (nSPS) is 11.4. The zero-order valence-corrected chi connectivity index (χ0v) is 14.9. The Morgan fingerprint density at radius 2 is 1.22 bits per heavy atom. The SMILES string of the molecule is CCCCCCC(O)CCCCCCCCCCC(=O)[O-].[Li+].[LiH]. The van der Waals surface area contributed by atoms with Gasteiger partial charge < -0.3 is 15.0 Å². The first-order valence-corrected chi connectivity index (χ1v) is 9.04. The second-order valence-electron chi connectivity index (χ2n) is 6.24. The van der Waals surface area contributed by atoms with Crippen LogP contribution in [0.25, 0.3) is 0 Å². The van der Waals surface area contributed by atoms with Gasteiger partial charge in [-0.05, 0) is 25.7 Å². The van der Waals surface area contributed by atoms with Gasteiger partial charge in [0.05, 0.1) is 6.10 Å². The molecule has 3 nitrogen and oxygen atoms in total. The summed E-state index contributed by atoms with van der Waals surface area (Å²) in [6, 6.07) is 0. The number of aliphatic carboxylic acids is 1. The van der Waals surface area contributed by atoms with Crippen LogP contribution in [0.5, 0.6) is 0 Å². The molecule has 0 aliphatic rings. The summed E-state index contributed by atoms with van der Waals surface area (Å²) in [7, 11) is 0. The van der Waals surface area contributed by atoms with Gasteiger partial charge in [0.2, 0.25) is 0 Å². The molecule has 1 atom stereocenters. The Kier molecular flexibility index (Phi) is 28.0. The van der Waals surface area contributed by atoms with Crippen LogP contribution in [0.1, 0.15) is 103 Å². The summed E-state index contributed by atoms with van der Waals surface area (Å²) in [5.41, 5.74) is 0. The molecule has 0 bridgehead atoms. The Hall–Kier alpha value is 0.625. The van der Waals surface area contributed by atoms with Crippen LogP contribution in [0.4, 0.5) is 0 Å². The fourth-order valence-electron chi connectivity index (χ4n) is 2.66. The van der Waals surface area contributed by atoms with E-state index < -0.39 is 5.97 Å². The minimum atomic E-state index is -0.928. The molecule has 23 heavy (non-hydrogen) atoms. The Morgan fingerprint density at radius 3 is 1.65 bits per heavy atom. The Labute approximate surface area is 167 Å². The van der Waals surface area contributed by atoms with Crippen molar-refractivity contribution in [3.63, 3.8) is 0 Å². The molecule has 128 valence electrons. The van der Waals surface area contributed by atoms with Crippen molar-refractivity contribution in [1.82, 2.24) is 0 Å². The Morgan fingerprint density at radius 1 is 0.826 bits per heavy atom. The van der Waals surface area contributed by atoms with Crippen LogP contribution in [-0.4, -0.2) is 36.0 Å². The molecule has 0 spiro atoms. The van der Waals surface area contributed by atoms with Gasteiger partial charge in [0, 0.05) is 5.97 Å². The molecule has 0 aliphatic carbocycles. The molecule has 5 heteroatoms. The molecule has 0 amide bonds. The summed E-state index contributed by atoms with van der Waals surface area (Å²) in [4.78, 5) is 10.2. The van der Waals surface area contributed by atoms with Gasteiger partial charge in [-0.15, -0.1) is 0 Å². The molecule has 0 saturated heterocycles. The van der Waals surface area contributed by atoms with Crippen LogP contribution < -0.4 is 24.0 Å². The maximum atomic E-state index is 10.2. The third-order valence-corrected chi connectivity index (χ3v) is 4.06. The molecule has 0 aromatic heterocycles. The summed E-state index contributed by atoms with van der Waals surface area (Å²) in [6.45, 7) is 2.21. The number of unbranched alkanes of at least 4 members (excludes halogenated alkanes) is 10. The van der Waals surface area contributed by atoms with E-state index in [9.17, 15) is 15.0 Å². The topological polar surface area (TPSA) is 60.4 Å². The molecule has 0 aliphatic heterocycles. The fourth-order valence-corrected chi connectivity index (χ4v) is 2.66. The van der Waals surface area contributed by atoms with Crippen LogP contribution >= 0.6 is 0 Å². The van der Waals surface area contributed by atoms with Crippen molar-refractivity contribution < 1.29 is 33.9 Å². The van der Waals surface area contributed by atoms with Crippen molar-refractivity contribution in [3.05, 3.63) is 0 Å². The zero-order chi connectivity index (χ0) is 15.8. The number of hydrogen-bond acceptors (Lipinski definition) is 3. The number of carbonyl (C=O) groups excluding carboxylic acids is 1. The van der Waals surface area contributed by atoms with Crippen molar-refractivity contribution in [3.8, 4) is 0 Å². The van der Waals surface area contributed by atoms with Crippen molar-refractivity contribution in [2.75, 3.05) is 0 Å². The molecule has 1 unspecified atom stereocenters. The second kappa shape index (κ2) is 22.6. The summed E-state index contributed by atoms with van der Waals surface area (Å²) >= 11 is 0. The van der Waals surface area contributed by atoms with Gasteiger partial charge >= 0.3 is 37.7 Å². The molecule has 1 N–H and O–H groups in total. The third-order valence-electron chi connectivity index (χ3n) is 4.06. The van der Waals surface area contributed by atoms with E-state index in [2.05, 4.69) is 6.92 Å². The molecule has 0 fully saturated rings. The predicted molar refractivity (Wildman–Crippen MR) is 93.1 cm³/mol. The quantitative estimate of drug-likeness (QED) is 0.330. The number of rotatable bonds is 16. The van der Waals surface area contributed by atoms with Crippen LogP contribution in [-0.2, 0) is 4.79 Å². The minimum absolute atomic E-state index is 0. The number of aliphatic hydroxyl groups is 1. The van der Waals surface area contributed by atoms with Crippen molar-refractivity contribution in [2.45, 2.75) is 109 Å². The van der Waals surface area contributed by atoms with Crippen molar-refractivity contribution >= 4 is 24.8 Å². The van der Waals surface area contributed by atoms with E-state index in [4.69, 9.17) is 0 Å². The number of aliphatic hydroxyl groups excluding tert-OH is 1. The van der Waals surface area contributed by atoms with Crippen molar-refractivity contribution in [1.29, 1.82) is 0 Å². The Bertz CT molecular complexity index is 238. The van der Waals surface area contributed by atoms with E-state index >= 15 is 0 Å². The maximum absolute atomic E-state index is 10.2. The van der Waals surface area contributed by atoms with Gasteiger partial charge in [-0.1, -0.05) is 77.6 Å². The first-order valence-electron chi connectivity index (χ1n) is 9.04. The molecule has 0 heterocycles. The van der Waals surface area contributed by atoms with E-state index in [1.54, 1.807) is 0 Å². The summed E-state index contributed by atoms with van der Waals surface area (Å²) in [5.74, 6) is -0.928. The first-order chi connectivity index (χ1) is 10.2. The summed E-state index contributed by atoms with van der Waals surface area (Å²) in [6.07, 6.45) is 15.9. The van der Waals surface area contributed by atoms with E-state index in [-0.39, 0.29) is 50.2 Å². The predicted octanol–water partition coefficient (Wildman–Crippen LogP) is 0.324. The van der Waals surface area contributed by atoms with Gasteiger partial charge in [-0.2, -0.15) is 0 Å². The average molecular weight is 314 g/mol. The number of carbonyl (C=O) groups is 1. The van der Waals surface area contributed by atoms with Gasteiger partial charge in [0.1, 0.15) is 0 Å². The molecular weight excluding hydrogens is 278 g/mol. The monoisotopic (exact) mass is 314 g/mol. The standard InChI is InChI=1S/C18H36O3.2Li.H/c1-2-3-4-11-14-17(19)15-12-9-7-5-6-8-10-13-16-18(20)21;;;/h17,19H,2-16H2,1H3,(H,20,21);;;/q;;+1;/p-1. The second-order valence-corrected chi connectivity index (χ2v) is 6.24. The molecular formula is C18H36Li2O3. The van der Waals surface area contributed by atoms with E-state index in [1.165, 1.54) is 51.4 Å². The van der Waals surface area contributed by atoms with E-state index in [0.29, 0.717) is 0 Å². The molecule has 0 saturated carbocycles. The Balaban J connectivity index is -0.00000200. The van der Waals surface area contributed by atoms with Gasteiger partial charge in [0.25, 0.3) is 0 Å². The number of carboxylic acid groups (broad SMARTS) is 1. The van der Waals surface area contributed by atoms with E-state index in [0.717, 1.165) is 38.5 Å². The van der Waals surface area contributed by atoms with Crippen LogP contribution in [0, 0.1) is 0 Å². The third kappa shape index (κ3) is 25.0. The summed E-state index contributed by atoms with van der Waals surface area (Å²) < 4.78 is 0. The molecule has 0 rings (SSSR count). The van der Waals surface area contributed by atoms with E-state index in [1.807, 2.05) is 0 Å². The van der Waals surface area contributed by atoms with Gasteiger partial charge in [-0.25, -0.2) is 0 Å². The fraction of sp³-hybridized carbons (Fsp3) is 0.944. The van der Waals surface area contributed by atoms with Crippen molar-refractivity contribution in [2.24, 2.45) is 0 Å². The van der Waals surface area contributed by atoms with Crippen LogP contribution in [0.15, 0.2) is 0 Å². The first kappa shape index (κ1) is 28.4.